The SMILES string of the molecule is Cc1ccc(S(=O)(=O)N2CCCN(S(=O)(=O)c3ccc(F)cc3)CC2)cc1C. The molecule has 1 heterocycles. The lowest BCUT2D eigenvalue weighted by Gasteiger charge is -2.22. The fraction of sp³-hybridized carbons (Fsp3) is 0.368. The third-order valence-corrected chi connectivity index (χ3v) is 8.79. The zero-order valence-corrected chi connectivity index (χ0v) is 17.4. The summed E-state index contributed by atoms with van der Waals surface area (Å²) in [7, 11) is -7.50. The number of nitrogens with zero attached hydrogens (tertiary/aromatic N) is 2. The summed E-state index contributed by atoms with van der Waals surface area (Å²) in [5.74, 6) is -0.513. The highest BCUT2D eigenvalue weighted by Crippen LogP contribution is 2.23. The van der Waals surface area contributed by atoms with Gasteiger partial charge in [0.1, 0.15) is 5.82 Å². The Bertz CT molecular complexity index is 1070. The van der Waals surface area contributed by atoms with Gasteiger partial charge in [0.15, 0.2) is 0 Å². The standard InChI is InChI=1S/C19H23FN2O4S2/c1-15-4-7-19(14-16(15)2)28(25,26)22-11-3-10-21(12-13-22)27(23,24)18-8-5-17(20)6-9-18/h4-9,14H,3,10-13H2,1-2H3. The van der Waals surface area contributed by atoms with E-state index in [4.69, 9.17) is 0 Å². The first-order valence-corrected chi connectivity index (χ1v) is 11.8. The van der Waals surface area contributed by atoms with Crippen LogP contribution in [0, 0.1) is 19.7 Å². The monoisotopic (exact) mass is 426 g/mol. The van der Waals surface area contributed by atoms with Crippen LogP contribution >= 0.6 is 0 Å². The summed E-state index contributed by atoms with van der Waals surface area (Å²) in [5.41, 5.74) is 1.89. The molecule has 1 fully saturated rings. The molecule has 9 heteroatoms. The maximum atomic E-state index is 13.1. The number of sulfonamides is 2. The van der Waals surface area contributed by atoms with Gasteiger partial charge in [0.2, 0.25) is 20.0 Å². The molecule has 3 rings (SSSR count). The van der Waals surface area contributed by atoms with Gasteiger partial charge in [0.25, 0.3) is 0 Å². The molecule has 1 aliphatic heterocycles. The van der Waals surface area contributed by atoms with Crippen molar-refractivity contribution in [1.29, 1.82) is 0 Å². The minimum atomic E-state index is -3.80. The third-order valence-electron chi connectivity index (χ3n) is 4.98. The van der Waals surface area contributed by atoms with Gasteiger partial charge in [-0.1, -0.05) is 6.07 Å². The van der Waals surface area contributed by atoms with Gasteiger partial charge in [-0.2, -0.15) is 8.61 Å². The molecule has 2 aromatic rings. The van der Waals surface area contributed by atoms with Crippen molar-refractivity contribution in [3.63, 3.8) is 0 Å². The molecule has 0 saturated carbocycles. The number of aryl methyl sites for hydroxylation is 2. The van der Waals surface area contributed by atoms with Crippen LogP contribution in [0.5, 0.6) is 0 Å². The van der Waals surface area contributed by atoms with E-state index in [0.29, 0.717) is 6.42 Å². The largest absolute Gasteiger partial charge is 0.243 e. The Hall–Kier alpha value is -1.81. The van der Waals surface area contributed by atoms with E-state index < -0.39 is 25.9 Å². The van der Waals surface area contributed by atoms with Crippen molar-refractivity contribution < 1.29 is 21.2 Å². The molecule has 2 aromatic carbocycles. The Morgan fingerprint density at radius 2 is 1.21 bits per heavy atom. The van der Waals surface area contributed by atoms with E-state index in [-0.39, 0.29) is 36.0 Å². The van der Waals surface area contributed by atoms with Crippen molar-refractivity contribution in [2.75, 3.05) is 26.2 Å². The van der Waals surface area contributed by atoms with E-state index in [9.17, 15) is 21.2 Å². The number of rotatable bonds is 4. The van der Waals surface area contributed by atoms with E-state index in [1.807, 2.05) is 13.8 Å². The molecule has 0 spiro atoms. The predicted molar refractivity (Wildman–Crippen MR) is 104 cm³/mol. The second-order valence-corrected chi connectivity index (χ2v) is 10.7. The molecule has 1 saturated heterocycles. The number of hydrogen-bond acceptors (Lipinski definition) is 4. The molecule has 0 N–H and O–H groups in total. The Kier molecular flexibility index (Phi) is 5.90. The molecular formula is C19H23FN2O4S2. The first-order valence-electron chi connectivity index (χ1n) is 8.95. The van der Waals surface area contributed by atoms with Crippen LogP contribution in [-0.2, 0) is 20.0 Å². The van der Waals surface area contributed by atoms with Gasteiger partial charge in [-0.05, 0) is 67.8 Å². The summed E-state index contributed by atoms with van der Waals surface area (Å²) in [4.78, 5) is 0.213. The van der Waals surface area contributed by atoms with Gasteiger partial charge in [-0.3, -0.25) is 0 Å². The summed E-state index contributed by atoms with van der Waals surface area (Å²) in [6.45, 7) is 4.33. The highest BCUT2D eigenvalue weighted by Gasteiger charge is 2.31. The molecule has 0 radical (unpaired) electrons. The molecule has 6 nitrogen and oxygen atoms in total. The summed E-state index contributed by atoms with van der Waals surface area (Å²) in [5, 5.41) is 0. The topological polar surface area (TPSA) is 74.8 Å². The van der Waals surface area contributed by atoms with E-state index in [2.05, 4.69) is 0 Å². The summed E-state index contributed by atoms with van der Waals surface area (Å²) < 4.78 is 67.2. The first kappa shape index (κ1) is 20.9. The Morgan fingerprint density at radius 3 is 1.75 bits per heavy atom. The van der Waals surface area contributed by atoms with Crippen molar-refractivity contribution >= 4 is 20.0 Å². The molecule has 1 aliphatic rings. The van der Waals surface area contributed by atoms with Gasteiger partial charge in [-0.25, -0.2) is 21.2 Å². The van der Waals surface area contributed by atoms with Crippen LogP contribution in [0.2, 0.25) is 0 Å². The van der Waals surface area contributed by atoms with E-state index in [1.54, 1.807) is 18.2 Å². The molecule has 0 atom stereocenters. The zero-order chi connectivity index (χ0) is 20.5. The fourth-order valence-corrected chi connectivity index (χ4v) is 6.15. The van der Waals surface area contributed by atoms with Gasteiger partial charge in [0, 0.05) is 26.2 Å². The molecule has 28 heavy (non-hydrogen) atoms. The highest BCUT2D eigenvalue weighted by atomic mass is 32.2. The lowest BCUT2D eigenvalue weighted by molar-refractivity contribution is 0.404. The zero-order valence-electron chi connectivity index (χ0n) is 15.8. The molecule has 0 amide bonds. The first-order chi connectivity index (χ1) is 13.1. The van der Waals surface area contributed by atoms with Crippen LogP contribution in [0.4, 0.5) is 4.39 Å². The van der Waals surface area contributed by atoms with E-state index in [0.717, 1.165) is 23.3 Å². The number of halogens is 1. The molecular weight excluding hydrogens is 403 g/mol. The lowest BCUT2D eigenvalue weighted by Crippen LogP contribution is -2.37. The molecule has 0 aliphatic carbocycles. The van der Waals surface area contributed by atoms with Gasteiger partial charge in [-0.15, -0.1) is 0 Å². The van der Waals surface area contributed by atoms with Crippen molar-refractivity contribution in [3.8, 4) is 0 Å². The van der Waals surface area contributed by atoms with Crippen LogP contribution in [0.3, 0.4) is 0 Å². The van der Waals surface area contributed by atoms with Gasteiger partial charge < -0.3 is 0 Å². The Labute approximate surface area is 165 Å². The minimum Gasteiger partial charge on any atom is -0.207 e. The van der Waals surface area contributed by atoms with Crippen LogP contribution in [0.25, 0.3) is 0 Å². The fourth-order valence-electron chi connectivity index (χ4n) is 3.13. The van der Waals surface area contributed by atoms with Gasteiger partial charge >= 0.3 is 0 Å². The average molecular weight is 427 g/mol. The minimum absolute atomic E-state index is 0.000587. The molecule has 0 bridgehead atoms. The maximum Gasteiger partial charge on any atom is 0.243 e. The Morgan fingerprint density at radius 1 is 0.714 bits per heavy atom. The van der Waals surface area contributed by atoms with Gasteiger partial charge in [0.05, 0.1) is 9.79 Å². The summed E-state index contributed by atoms with van der Waals surface area (Å²) in [6.07, 6.45) is 0.379. The smallest absolute Gasteiger partial charge is 0.207 e. The van der Waals surface area contributed by atoms with Crippen LogP contribution in [0.1, 0.15) is 17.5 Å². The van der Waals surface area contributed by atoms with Crippen molar-refractivity contribution in [2.24, 2.45) is 0 Å². The predicted octanol–water partition coefficient (Wildman–Crippen LogP) is 2.53. The summed E-state index contributed by atoms with van der Waals surface area (Å²) >= 11 is 0. The second-order valence-electron chi connectivity index (χ2n) is 6.86. The summed E-state index contributed by atoms with van der Waals surface area (Å²) in [6, 6.07) is 9.63. The van der Waals surface area contributed by atoms with E-state index >= 15 is 0 Å². The average Bonchev–Trinajstić information content (AvgIpc) is 2.91. The van der Waals surface area contributed by atoms with E-state index in [1.165, 1.54) is 20.7 Å². The quantitative estimate of drug-likeness (QED) is 0.753. The van der Waals surface area contributed by atoms with Crippen LogP contribution < -0.4 is 0 Å². The van der Waals surface area contributed by atoms with Crippen LogP contribution in [0.15, 0.2) is 52.3 Å². The van der Waals surface area contributed by atoms with Crippen LogP contribution in [-0.4, -0.2) is 51.6 Å². The van der Waals surface area contributed by atoms with Crippen molar-refractivity contribution in [3.05, 3.63) is 59.4 Å². The molecule has 152 valence electrons. The molecule has 0 unspecified atom stereocenters. The third kappa shape index (κ3) is 4.12. The number of hydrogen-bond donors (Lipinski definition) is 0. The van der Waals surface area contributed by atoms with Crippen molar-refractivity contribution in [1.82, 2.24) is 8.61 Å². The Balaban J connectivity index is 1.81. The molecule has 0 aromatic heterocycles. The maximum absolute atomic E-state index is 13.1. The number of benzene rings is 2. The highest BCUT2D eigenvalue weighted by molar-refractivity contribution is 7.89. The second kappa shape index (κ2) is 7.90. The normalized spacial score (nSPS) is 17.4. The van der Waals surface area contributed by atoms with Crippen molar-refractivity contribution in [2.45, 2.75) is 30.1 Å². The lowest BCUT2D eigenvalue weighted by atomic mass is 10.1.